The third-order valence-corrected chi connectivity index (χ3v) is 2.16. The number of carboxylic acid groups (broad SMARTS) is 2. The normalized spacial score (nSPS) is 32.1. The van der Waals surface area contributed by atoms with Crippen molar-refractivity contribution in [2.24, 2.45) is 0 Å². The number of aliphatic carboxylic acids is 2. The molecule has 3 N–H and O–H groups in total. The molecular weight excluding hydrogens is 208 g/mol. The van der Waals surface area contributed by atoms with E-state index in [0.717, 1.165) is 0 Å². The lowest BCUT2D eigenvalue weighted by atomic mass is 9.91. The molecule has 0 bridgehead atoms. The second kappa shape index (κ2) is 3.95. The van der Waals surface area contributed by atoms with Crippen molar-refractivity contribution in [1.29, 1.82) is 0 Å². The van der Waals surface area contributed by atoms with Gasteiger partial charge >= 0.3 is 11.9 Å². The van der Waals surface area contributed by atoms with Gasteiger partial charge in [0.05, 0.1) is 6.61 Å². The highest BCUT2D eigenvalue weighted by Crippen LogP contribution is 2.24. The molecule has 1 aliphatic rings. The fraction of sp³-hybridized carbons (Fsp3) is 0.625. The summed E-state index contributed by atoms with van der Waals surface area (Å²) in [7, 11) is 0. The Bertz CT molecular complexity index is 310. The molecule has 0 spiro atoms. The minimum atomic E-state index is -2.68. The van der Waals surface area contributed by atoms with Crippen LogP contribution in [0.3, 0.4) is 0 Å². The van der Waals surface area contributed by atoms with Crippen molar-refractivity contribution < 1.29 is 34.4 Å². The maximum absolute atomic E-state index is 11.1. The van der Waals surface area contributed by atoms with E-state index in [1.165, 1.54) is 0 Å². The number of hydrogen-bond acceptors (Lipinski definition) is 5. The molecule has 15 heavy (non-hydrogen) atoms. The monoisotopic (exact) mass is 218 g/mol. The third kappa shape index (κ3) is 2.13. The van der Waals surface area contributed by atoms with E-state index in [9.17, 15) is 19.5 Å². The van der Waals surface area contributed by atoms with E-state index in [1.807, 2.05) is 0 Å². The van der Waals surface area contributed by atoms with Crippen molar-refractivity contribution in [3.63, 3.8) is 0 Å². The van der Waals surface area contributed by atoms with E-state index < -0.39 is 35.8 Å². The van der Waals surface area contributed by atoms with E-state index >= 15 is 0 Å². The Morgan fingerprint density at radius 1 is 1.40 bits per heavy atom. The zero-order valence-electron chi connectivity index (χ0n) is 7.67. The second-order valence-electron chi connectivity index (χ2n) is 3.28. The van der Waals surface area contributed by atoms with E-state index in [1.54, 1.807) is 0 Å². The SMILES string of the molecule is O=C1CCO[C@@H](C(=O)O)[C@@](O)(C(=O)O)C1. The van der Waals surface area contributed by atoms with Gasteiger partial charge in [-0.15, -0.1) is 0 Å². The molecule has 1 heterocycles. The highest BCUT2D eigenvalue weighted by atomic mass is 16.5. The van der Waals surface area contributed by atoms with Crippen LogP contribution in [0.1, 0.15) is 12.8 Å². The number of hydrogen-bond donors (Lipinski definition) is 3. The summed E-state index contributed by atoms with van der Waals surface area (Å²) in [6.07, 6.45) is -2.76. The van der Waals surface area contributed by atoms with Crippen LogP contribution in [0.5, 0.6) is 0 Å². The Morgan fingerprint density at radius 3 is 2.47 bits per heavy atom. The van der Waals surface area contributed by atoms with Gasteiger partial charge in [-0.1, -0.05) is 0 Å². The highest BCUT2D eigenvalue weighted by molar-refractivity contribution is 5.93. The predicted octanol–water partition coefficient (Wildman–Crippen LogP) is -1.37. The molecule has 7 heteroatoms. The summed E-state index contributed by atoms with van der Waals surface area (Å²) in [5.41, 5.74) is -2.68. The summed E-state index contributed by atoms with van der Waals surface area (Å²) >= 11 is 0. The Hall–Kier alpha value is -1.47. The van der Waals surface area contributed by atoms with Crippen LogP contribution in [-0.2, 0) is 19.1 Å². The van der Waals surface area contributed by atoms with Gasteiger partial charge in [0, 0.05) is 12.8 Å². The molecule has 0 saturated carbocycles. The largest absolute Gasteiger partial charge is 0.479 e. The van der Waals surface area contributed by atoms with Crippen LogP contribution in [0.25, 0.3) is 0 Å². The average Bonchev–Trinajstić information content (AvgIpc) is 2.24. The van der Waals surface area contributed by atoms with Crippen LogP contribution in [0.2, 0.25) is 0 Å². The Morgan fingerprint density at radius 2 is 2.00 bits per heavy atom. The van der Waals surface area contributed by atoms with Crippen molar-refractivity contribution in [2.45, 2.75) is 24.5 Å². The summed E-state index contributed by atoms with van der Waals surface area (Å²) in [4.78, 5) is 32.5. The molecule has 0 aromatic rings. The second-order valence-corrected chi connectivity index (χ2v) is 3.28. The minimum absolute atomic E-state index is 0.0978. The smallest absolute Gasteiger partial charge is 0.339 e. The zero-order valence-corrected chi connectivity index (χ0v) is 7.67. The van der Waals surface area contributed by atoms with E-state index in [-0.39, 0.29) is 13.0 Å². The first kappa shape index (κ1) is 11.6. The number of ketones is 1. The zero-order chi connectivity index (χ0) is 11.6. The van der Waals surface area contributed by atoms with Gasteiger partial charge in [0.25, 0.3) is 0 Å². The lowest BCUT2D eigenvalue weighted by Crippen LogP contribution is -2.54. The van der Waals surface area contributed by atoms with Gasteiger partial charge in [-0.3, -0.25) is 4.79 Å². The number of carboxylic acids is 2. The average molecular weight is 218 g/mol. The Balaban J connectivity index is 3.06. The van der Waals surface area contributed by atoms with Crippen LogP contribution in [0.4, 0.5) is 0 Å². The fourth-order valence-corrected chi connectivity index (χ4v) is 1.37. The highest BCUT2D eigenvalue weighted by Gasteiger charge is 2.52. The van der Waals surface area contributed by atoms with Crippen LogP contribution >= 0.6 is 0 Å². The molecular formula is C8H10O7. The van der Waals surface area contributed by atoms with Gasteiger partial charge in [-0.2, -0.15) is 0 Å². The number of rotatable bonds is 2. The molecule has 7 nitrogen and oxygen atoms in total. The standard InChI is InChI=1S/C8H10O7/c9-4-1-2-15-5(6(10)11)8(14,3-4)7(12)13/h5,14H,1-3H2,(H,10,11)(H,12,13)/t5-,8+/m0/s1. The summed E-state index contributed by atoms with van der Waals surface area (Å²) in [5, 5.41) is 27.0. The summed E-state index contributed by atoms with van der Waals surface area (Å²) < 4.78 is 4.66. The number of carbonyl (C=O) groups excluding carboxylic acids is 1. The third-order valence-electron chi connectivity index (χ3n) is 2.16. The first-order valence-electron chi connectivity index (χ1n) is 4.20. The van der Waals surface area contributed by atoms with Crippen LogP contribution in [0, 0.1) is 0 Å². The molecule has 1 fully saturated rings. The van der Waals surface area contributed by atoms with Crippen molar-refractivity contribution in [2.75, 3.05) is 6.61 Å². The van der Waals surface area contributed by atoms with Gasteiger partial charge in [0.15, 0.2) is 6.10 Å². The van der Waals surface area contributed by atoms with E-state index in [2.05, 4.69) is 4.74 Å². The summed E-state index contributed by atoms with van der Waals surface area (Å²) in [6, 6.07) is 0. The Kier molecular flexibility index (Phi) is 3.06. The maximum atomic E-state index is 11.1. The Labute approximate surface area is 84.3 Å². The number of carbonyl (C=O) groups is 3. The molecule has 1 saturated heterocycles. The van der Waals surface area contributed by atoms with E-state index in [0.29, 0.717) is 0 Å². The molecule has 0 unspecified atom stereocenters. The number of Topliss-reactive ketones (excluding diaryl/α,β-unsaturated/α-hetero) is 1. The minimum Gasteiger partial charge on any atom is -0.479 e. The van der Waals surface area contributed by atoms with Crippen molar-refractivity contribution >= 4 is 17.7 Å². The van der Waals surface area contributed by atoms with Gasteiger partial charge in [-0.05, 0) is 0 Å². The predicted molar refractivity (Wildman–Crippen MR) is 44.2 cm³/mol. The van der Waals surface area contributed by atoms with Gasteiger partial charge in [0.2, 0.25) is 5.60 Å². The first-order valence-corrected chi connectivity index (χ1v) is 4.20. The quantitative estimate of drug-likeness (QED) is 0.523. The number of aliphatic hydroxyl groups is 1. The van der Waals surface area contributed by atoms with Gasteiger partial charge in [-0.25, -0.2) is 9.59 Å². The van der Waals surface area contributed by atoms with Crippen LogP contribution in [-0.4, -0.2) is 51.4 Å². The van der Waals surface area contributed by atoms with E-state index in [4.69, 9.17) is 10.2 Å². The topological polar surface area (TPSA) is 121 Å². The summed E-state index contributed by atoms with van der Waals surface area (Å²) in [5.74, 6) is -3.91. The summed E-state index contributed by atoms with van der Waals surface area (Å²) in [6.45, 7) is -0.203. The molecule has 2 atom stereocenters. The molecule has 1 aliphatic heterocycles. The van der Waals surface area contributed by atoms with Gasteiger partial charge in [0.1, 0.15) is 5.78 Å². The van der Waals surface area contributed by atoms with Crippen LogP contribution in [0.15, 0.2) is 0 Å². The molecule has 84 valence electrons. The molecule has 0 aromatic carbocycles. The fourth-order valence-electron chi connectivity index (χ4n) is 1.37. The molecule has 0 aliphatic carbocycles. The molecule has 0 amide bonds. The molecule has 0 aromatic heterocycles. The van der Waals surface area contributed by atoms with Crippen LogP contribution < -0.4 is 0 Å². The van der Waals surface area contributed by atoms with Gasteiger partial charge < -0.3 is 20.1 Å². The van der Waals surface area contributed by atoms with Crippen molar-refractivity contribution in [3.05, 3.63) is 0 Å². The maximum Gasteiger partial charge on any atom is 0.339 e. The lowest BCUT2D eigenvalue weighted by molar-refractivity contribution is -0.188. The number of ether oxygens (including phenoxy) is 1. The molecule has 0 radical (unpaired) electrons. The van der Waals surface area contributed by atoms with Crippen molar-refractivity contribution in [3.8, 4) is 0 Å². The lowest BCUT2D eigenvalue weighted by Gasteiger charge is -2.26. The van der Waals surface area contributed by atoms with Crippen molar-refractivity contribution in [1.82, 2.24) is 0 Å². The first-order chi connectivity index (χ1) is 6.88. The molecule has 1 rings (SSSR count).